The molecule has 1 saturated carbocycles. The van der Waals surface area contributed by atoms with Crippen molar-refractivity contribution in [2.24, 2.45) is 17.8 Å². The van der Waals surface area contributed by atoms with Crippen LogP contribution >= 0.6 is 11.6 Å². The number of halogens is 1. The number of hydrogen-bond donors (Lipinski definition) is 1. The number of hydrogen-bond acceptors (Lipinski definition) is 2. The van der Waals surface area contributed by atoms with Crippen LogP contribution in [-0.4, -0.2) is 16.8 Å². The van der Waals surface area contributed by atoms with Gasteiger partial charge in [-0.3, -0.25) is 0 Å². The lowest BCUT2D eigenvalue weighted by molar-refractivity contribution is -0.109. The summed E-state index contributed by atoms with van der Waals surface area (Å²) >= 11 is 6.06. The monoisotopic (exact) mass is 198 g/mol. The van der Waals surface area contributed by atoms with E-state index in [1.807, 2.05) is 12.2 Å². The first-order valence-corrected chi connectivity index (χ1v) is 4.83. The maximum atomic E-state index is 10.7. The van der Waals surface area contributed by atoms with Crippen LogP contribution in [0.1, 0.15) is 6.42 Å². The second-order valence-electron chi connectivity index (χ2n) is 3.64. The number of carbonyl (C=O) groups is 1. The van der Waals surface area contributed by atoms with Gasteiger partial charge < -0.3 is 9.90 Å². The topological polar surface area (TPSA) is 37.3 Å². The van der Waals surface area contributed by atoms with Gasteiger partial charge in [0.05, 0.1) is 17.6 Å². The molecule has 0 amide bonds. The van der Waals surface area contributed by atoms with Gasteiger partial charge in [0.2, 0.25) is 0 Å². The lowest BCUT2D eigenvalue weighted by Gasteiger charge is -2.14. The Bertz CT molecular complexity index is 283. The summed E-state index contributed by atoms with van der Waals surface area (Å²) in [6.45, 7) is 0. The summed E-state index contributed by atoms with van der Waals surface area (Å²) in [6, 6.07) is 0. The Morgan fingerprint density at radius 3 is 2.92 bits per heavy atom. The van der Waals surface area contributed by atoms with Crippen LogP contribution in [0, 0.1) is 17.8 Å². The van der Waals surface area contributed by atoms with E-state index in [9.17, 15) is 4.79 Å². The zero-order chi connectivity index (χ0) is 9.42. The standard InChI is InChI=1S/C10H11ClO2/c11-10-7(4-12)2-1-6-3-8(6)9(10)5-13/h1-2,4-8,10,13H,3H2/b9-5+. The van der Waals surface area contributed by atoms with E-state index in [4.69, 9.17) is 16.7 Å². The first-order chi connectivity index (χ1) is 6.27. The van der Waals surface area contributed by atoms with Gasteiger partial charge in [-0.2, -0.15) is 0 Å². The summed E-state index contributed by atoms with van der Waals surface area (Å²) in [5, 5.41) is 8.64. The van der Waals surface area contributed by atoms with E-state index in [0.717, 1.165) is 24.5 Å². The molecular weight excluding hydrogens is 188 g/mol. The second kappa shape index (κ2) is 3.18. The fourth-order valence-electron chi connectivity index (χ4n) is 1.89. The van der Waals surface area contributed by atoms with Crippen molar-refractivity contribution in [3.63, 3.8) is 0 Å². The van der Waals surface area contributed by atoms with Gasteiger partial charge in [0, 0.05) is 0 Å². The summed E-state index contributed by atoms with van der Waals surface area (Å²) in [6.07, 6.45) is 6.85. The van der Waals surface area contributed by atoms with Crippen LogP contribution in [0.15, 0.2) is 24.0 Å². The predicted octanol–water partition coefficient (Wildman–Crippen LogP) is 2.06. The molecule has 70 valence electrons. The van der Waals surface area contributed by atoms with Crippen LogP contribution in [0.2, 0.25) is 0 Å². The Morgan fingerprint density at radius 1 is 1.54 bits per heavy atom. The van der Waals surface area contributed by atoms with Gasteiger partial charge in [-0.05, 0) is 23.8 Å². The normalized spacial score (nSPS) is 45.5. The number of carbonyl (C=O) groups excluding carboxylic acids is 1. The van der Waals surface area contributed by atoms with Gasteiger partial charge in [-0.25, -0.2) is 0 Å². The first kappa shape index (κ1) is 8.82. The molecular formula is C10H11ClO2. The Labute approximate surface area is 81.9 Å². The number of aliphatic hydroxyl groups is 1. The van der Waals surface area contributed by atoms with Gasteiger partial charge in [-0.1, -0.05) is 12.2 Å². The molecule has 2 rings (SSSR count). The third kappa shape index (κ3) is 1.39. The minimum absolute atomic E-state index is 0.284. The number of aldehydes is 1. The highest BCUT2D eigenvalue weighted by molar-refractivity contribution is 6.23. The maximum absolute atomic E-state index is 10.7. The molecule has 4 unspecified atom stereocenters. The molecule has 2 aliphatic carbocycles. The number of aliphatic hydroxyl groups excluding tert-OH is 1. The lowest BCUT2D eigenvalue weighted by atomic mass is 9.99. The number of fused-ring (bicyclic) bond motifs is 1. The fourth-order valence-corrected chi connectivity index (χ4v) is 2.25. The SMILES string of the molecule is O=CC1C=CC2CC2/C(=C\O)C1Cl. The molecule has 0 saturated heterocycles. The zero-order valence-electron chi connectivity index (χ0n) is 7.06. The van der Waals surface area contributed by atoms with Crippen molar-refractivity contribution in [1.82, 2.24) is 0 Å². The van der Waals surface area contributed by atoms with E-state index in [2.05, 4.69) is 0 Å². The van der Waals surface area contributed by atoms with Gasteiger partial charge in [0.1, 0.15) is 6.29 Å². The van der Waals surface area contributed by atoms with Gasteiger partial charge in [0.25, 0.3) is 0 Å². The molecule has 2 nitrogen and oxygen atoms in total. The summed E-state index contributed by atoms with van der Waals surface area (Å²) < 4.78 is 0. The zero-order valence-corrected chi connectivity index (χ0v) is 7.82. The molecule has 0 aromatic carbocycles. The largest absolute Gasteiger partial charge is 0.516 e. The number of alkyl halides is 1. The van der Waals surface area contributed by atoms with Crippen molar-refractivity contribution in [2.75, 3.05) is 0 Å². The highest BCUT2D eigenvalue weighted by Gasteiger charge is 2.43. The first-order valence-electron chi connectivity index (χ1n) is 4.39. The van der Waals surface area contributed by atoms with Gasteiger partial charge >= 0.3 is 0 Å². The third-order valence-electron chi connectivity index (χ3n) is 2.81. The van der Waals surface area contributed by atoms with E-state index >= 15 is 0 Å². The highest BCUT2D eigenvalue weighted by Crippen LogP contribution is 2.50. The number of allylic oxidation sites excluding steroid dienone is 3. The molecule has 4 atom stereocenters. The van der Waals surface area contributed by atoms with Crippen molar-refractivity contribution in [3.8, 4) is 0 Å². The molecule has 0 bridgehead atoms. The Kier molecular flexibility index (Phi) is 2.16. The smallest absolute Gasteiger partial charge is 0.128 e. The predicted molar refractivity (Wildman–Crippen MR) is 50.6 cm³/mol. The maximum Gasteiger partial charge on any atom is 0.128 e. The molecule has 0 aromatic heterocycles. The Hall–Kier alpha value is -0.760. The van der Waals surface area contributed by atoms with Crippen LogP contribution in [0.3, 0.4) is 0 Å². The molecule has 3 heteroatoms. The molecule has 13 heavy (non-hydrogen) atoms. The van der Waals surface area contributed by atoms with Crippen LogP contribution in [0.25, 0.3) is 0 Å². The minimum atomic E-state index is -0.365. The van der Waals surface area contributed by atoms with E-state index in [1.165, 1.54) is 0 Å². The quantitative estimate of drug-likeness (QED) is 0.303. The molecule has 2 aliphatic rings. The Balaban J connectivity index is 2.27. The van der Waals surface area contributed by atoms with Crippen LogP contribution in [0.5, 0.6) is 0 Å². The van der Waals surface area contributed by atoms with E-state index in [1.54, 1.807) is 0 Å². The van der Waals surface area contributed by atoms with E-state index < -0.39 is 0 Å². The van der Waals surface area contributed by atoms with Crippen molar-refractivity contribution in [3.05, 3.63) is 24.0 Å². The van der Waals surface area contributed by atoms with Crippen molar-refractivity contribution < 1.29 is 9.90 Å². The molecule has 0 aliphatic heterocycles. The molecule has 0 aromatic rings. The van der Waals surface area contributed by atoms with E-state index in [0.29, 0.717) is 11.8 Å². The average Bonchev–Trinajstić information content (AvgIpc) is 2.86. The average molecular weight is 199 g/mol. The molecule has 0 radical (unpaired) electrons. The molecule has 1 N–H and O–H groups in total. The van der Waals surface area contributed by atoms with Crippen LogP contribution in [0.4, 0.5) is 0 Å². The summed E-state index contributed by atoms with van der Waals surface area (Å²) in [4.78, 5) is 10.7. The second-order valence-corrected chi connectivity index (χ2v) is 4.11. The van der Waals surface area contributed by atoms with Gasteiger partial charge in [0.15, 0.2) is 0 Å². The summed E-state index contributed by atoms with van der Waals surface area (Å²) in [5.41, 5.74) is 0.814. The van der Waals surface area contributed by atoms with Crippen molar-refractivity contribution in [2.45, 2.75) is 11.8 Å². The molecule has 0 heterocycles. The van der Waals surface area contributed by atoms with Crippen molar-refractivity contribution >= 4 is 17.9 Å². The minimum Gasteiger partial charge on any atom is -0.516 e. The molecule has 0 spiro atoms. The van der Waals surface area contributed by atoms with Crippen molar-refractivity contribution in [1.29, 1.82) is 0 Å². The third-order valence-corrected chi connectivity index (χ3v) is 3.35. The summed E-state index contributed by atoms with van der Waals surface area (Å²) in [5.74, 6) is 0.575. The lowest BCUT2D eigenvalue weighted by Crippen LogP contribution is -2.17. The molecule has 1 fully saturated rings. The van der Waals surface area contributed by atoms with Crippen LogP contribution < -0.4 is 0 Å². The Morgan fingerprint density at radius 2 is 2.31 bits per heavy atom. The van der Waals surface area contributed by atoms with Crippen LogP contribution in [-0.2, 0) is 4.79 Å². The highest BCUT2D eigenvalue weighted by atomic mass is 35.5. The number of rotatable bonds is 1. The van der Waals surface area contributed by atoms with Gasteiger partial charge in [-0.15, -0.1) is 11.6 Å². The van der Waals surface area contributed by atoms with E-state index in [-0.39, 0.29) is 11.3 Å². The fraction of sp³-hybridized carbons (Fsp3) is 0.500. The summed E-state index contributed by atoms with van der Waals surface area (Å²) in [7, 11) is 0.